The maximum absolute atomic E-state index is 13.8. The average Bonchev–Trinajstić information content (AvgIpc) is 3.06. The van der Waals surface area contributed by atoms with Gasteiger partial charge in [-0.1, -0.05) is 70.5 Å². The van der Waals surface area contributed by atoms with Gasteiger partial charge in [0.15, 0.2) is 0 Å². The van der Waals surface area contributed by atoms with Crippen molar-refractivity contribution in [3.8, 4) is 0 Å². The molecule has 7 rings (SSSR count). The second kappa shape index (κ2) is 6.14. The highest BCUT2D eigenvalue weighted by molar-refractivity contribution is 9.09. The van der Waals surface area contributed by atoms with E-state index >= 15 is 0 Å². The number of rotatable bonds is 2. The molecule has 3 aliphatic carbocycles. The van der Waals surface area contributed by atoms with E-state index in [4.69, 9.17) is 0 Å². The summed E-state index contributed by atoms with van der Waals surface area (Å²) in [6.45, 7) is 0. The van der Waals surface area contributed by atoms with Crippen molar-refractivity contribution in [1.29, 1.82) is 0 Å². The standard InChI is InChI=1S/C25H16BrNO4/c26-25-17-10-3-1-8-15(17)19(16-9-2-4-11-18(16)25)20-21(25)23(29)27(22(20)28)14-7-5-6-13(12-14)24(30)31/h1-12,19-21H,(H,30,31)/t19?,20-,21-,25?/m1/s1. The Morgan fingerprint density at radius 2 is 1.48 bits per heavy atom. The van der Waals surface area contributed by atoms with Crippen LogP contribution < -0.4 is 4.90 Å². The zero-order valence-corrected chi connectivity index (χ0v) is 17.7. The van der Waals surface area contributed by atoms with Gasteiger partial charge in [-0.15, -0.1) is 0 Å². The molecule has 3 aromatic carbocycles. The molecular formula is C25H16BrNO4. The predicted molar refractivity (Wildman–Crippen MR) is 117 cm³/mol. The summed E-state index contributed by atoms with van der Waals surface area (Å²) in [6, 6.07) is 22.0. The molecule has 0 spiro atoms. The SMILES string of the molecule is O=C(O)c1cccc(N2C(=O)[C@@H]3C4c5ccccc5C(Br)(c5ccccc54)[C@H]3C2=O)c1. The minimum atomic E-state index is -1.10. The Balaban J connectivity index is 1.58. The highest BCUT2D eigenvalue weighted by atomic mass is 79.9. The second-order valence-electron chi connectivity index (χ2n) is 8.23. The number of halogens is 1. The van der Waals surface area contributed by atoms with E-state index in [0.29, 0.717) is 5.69 Å². The van der Waals surface area contributed by atoms with E-state index in [0.717, 1.165) is 22.3 Å². The fourth-order valence-electron chi connectivity index (χ4n) is 5.71. The third-order valence-corrected chi connectivity index (χ3v) is 8.21. The smallest absolute Gasteiger partial charge is 0.335 e. The lowest BCUT2D eigenvalue weighted by Crippen LogP contribution is -2.50. The number of benzene rings is 3. The van der Waals surface area contributed by atoms with E-state index in [1.807, 2.05) is 48.5 Å². The first kappa shape index (κ1) is 18.5. The summed E-state index contributed by atoms with van der Waals surface area (Å²) in [5.74, 6) is -3.07. The number of carbonyl (C=O) groups excluding carboxylic acids is 2. The van der Waals surface area contributed by atoms with E-state index in [1.54, 1.807) is 12.1 Å². The van der Waals surface area contributed by atoms with Crippen LogP contribution in [0.5, 0.6) is 0 Å². The summed E-state index contributed by atoms with van der Waals surface area (Å²) >= 11 is 3.95. The van der Waals surface area contributed by atoms with Crippen molar-refractivity contribution in [2.45, 2.75) is 10.2 Å². The van der Waals surface area contributed by atoms with Gasteiger partial charge in [0.05, 0.1) is 27.4 Å². The molecule has 0 radical (unpaired) electrons. The lowest BCUT2D eigenvalue weighted by molar-refractivity contribution is -0.122. The van der Waals surface area contributed by atoms with Crippen LogP contribution in [0.1, 0.15) is 38.5 Å². The van der Waals surface area contributed by atoms with Crippen LogP contribution in [-0.2, 0) is 13.9 Å². The molecule has 31 heavy (non-hydrogen) atoms. The van der Waals surface area contributed by atoms with Gasteiger partial charge in [-0.25, -0.2) is 9.69 Å². The van der Waals surface area contributed by atoms with E-state index in [-0.39, 0.29) is 23.3 Å². The number of aromatic carboxylic acids is 1. The molecule has 2 bridgehead atoms. The first-order valence-electron chi connectivity index (χ1n) is 10.0. The Kier molecular flexibility index (Phi) is 3.67. The molecular weight excluding hydrogens is 458 g/mol. The minimum Gasteiger partial charge on any atom is -0.478 e. The Labute approximate surface area is 186 Å². The van der Waals surface area contributed by atoms with Gasteiger partial charge < -0.3 is 5.11 Å². The molecule has 1 fully saturated rings. The zero-order valence-electron chi connectivity index (χ0n) is 16.2. The van der Waals surface area contributed by atoms with Crippen molar-refractivity contribution in [3.05, 3.63) is 101 Å². The van der Waals surface area contributed by atoms with Crippen LogP contribution in [0.4, 0.5) is 5.69 Å². The number of carboxylic acids is 1. The number of alkyl halides is 1. The molecule has 1 saturated heterocycles. The van der Waals surface area contributed by atoms with Crippen molar-refractivity contribution in [3.63, 3.8) is 0 Å². The molecule has 2 amide bonds. The average molecular weight is 474 g/mol. The number of nitrogens with zero attached hydrogens (tertiary/aromatic N) is 1. The third-order valence-electron chi connectivity index (χ3n) is 6.87. The highest BCUT2D eigenvalue weighted by Gasteiger charge is 2.67. The summed E-state index contributed by atoms with van der Waals surface area (Å²) < 4.78 is -0.814. The number of anilines is 1. The molecule has 0 aromatic heterocycles. The Bertz CT molecular complexity index is 1270. The monoisotopic (exact) mass is 473 g/mol. The van der Waals surface area contributed by atoms with E-state index in [1.165, 1.54) is 17.0 Å². The molecule has 0 saturated carbocycles. The Morgan fingerprint density at radius 3 is 2.10 bits per heavy atom. The van der Waals surface area contributed by atoms with Crippen molar-refractivity contribution in [2.75, 3.05) is 4.90 Å². The normalized spacial score (nSPS) is 27.6. The maximum atomic E-state index is 13.8. The molecule has 3 aromatic rings. The first-order valence-corrected chi connectivity index (χ1v) is 10.8. The summed E-state index contributed by atoms with van der Waals surface area (Å²) in [5.41, 5.74) is 4.48. The fraction of sp³-hybridized carbons (Fsp3) is 0.160. The van der Waals surface area contributed by atoms with E-state index in [9.17, 15) is 19.5 Å². The van der Waals surface area contributed by atoms with Gasteiger partial charge in [0.1, 0.15) is 0 Å². The molecule has 152 valence electrons. The lowest BCUT2D eigenvalue weighted by atomic mass is 9.55. The van der Waals surface area contributed by atoms with Gasteiger partial charge >= 0.3 is 5.97 Å². The summed E-state index contributed by atoms with van der Waals surface area (Å²) in [6.07, 6.45) is 0. The largest absolute Gasteiger partial charge is 0.478 e. The van der Waals surface area contributed by atoms with Crippen molar-refractivity contribution in [2.24, 2.45) is 11.8 Å². The molecule has 1 aliphatic heterocycles. The Morgan fingerprint density at radius 1 is 0.871 bits per heavy atom. The molecule has 4 aliphatic rings. The number of hydrogen-bond donors (Lipinski definition) is 1. The number of hydrogen-bond acceptors (Lipinski definition) is 3. The van der Waals surface area contributed by atoms with Crippen molar-refractivity contribution >= 4 is 39.4 Å². The molecule has 1 heterocycles. The Hall–Kier alpha value is -3.25. The quantitative estimate of drug-likeness (QED) is 0.445. The number of imide groups is 1. The number of carbonyl (C=O) groups is 3. The topological polar surface area (TPSA) is 74.7 Å². The lowest BCUT2D eigenvalue weighted by Gasteiger charge is -2.51. The van der Waals surface area contributed by atoms with Gasteiger partial charge in [-0.3, -0.25) is 9.59 Å². The minimum absolute atomic E-state index is 0.0380. The van der Waals surface area contributed by atoms with Crippen molar-refractivity contribution in [1.82, 2.24) is 0 Å². The maximum Gasteiger partial charge on any atom is 0.335 e. The molecule has 0 unspecified atom stereocenters. The van der Waals surface area contributed by atoms with Gasteiger partial charge in [-0.05, 0) is 40.5 Å². The van der Waals surface area contributed by atoms with Crippen LogP contribution in [0.3, 0.4) is 0 Å². The fourth-order valence-corrected chi connectivity index (χ4v) is 6.91. The third kappa shape index (κ3) is 2.18. The van der Waals surface area contributed by atoms with Gasteiger partial charge in [0, 0.05) is 5.92 Å². The zero-order chi connectivity index (χ0) is 21.5. The van der Waals surface area contributed by atoms with Gasteiger partial charge in [0.25, 0.3) is 0 Å². The van der Waals surface area contributed by atoms with Crippen LogP contribution in [0.25, 0.3) is 0 Å². The summed E-state index contributed by atoms with van der Waals surface area (Å²) in [5, 5.41) is 9.37. The molecule has 1 N–H and O–H groups in total. The number of amides is 2. The highest BCUT2D eigenvalue weighted by Crippen LogP contribution is 2.66. The molecule has 5 nitrogen and oxygen atoms in total. The van der Waals surface area contributed by atoms with Gasteiger partial charge in [-0.2, -0.15) is 0 Å². The second-order valence-corrected chi connectivity index (χ2v) is 9.49. The van der Waals surface area contributed by atoms with Crippen molar-refractivity contribution < 1.29 is 19.5 Å². The van der Waals surface area contributed by atoms with E-state index in [2.05, 4.69) is 15.9 Å². The summed E-state index contributed by atoms with van der Waals surface area (Å²) in [7, 11) is 0. The molecule has 6 heteroatoms. The van der Waals surface area contributed by atoms with E-state index < -0.39 is 22.1 Å². The van der Waals surface area contributed by atoms with Crippen LogP contribution >= 0.6 is 15.9 Å². The predicted octanol–water partition coefficient (Wildman–Crippen LogP) is 4.29. The van der Waals surface area contributed by atoms with Crippen LogP contribution in [0.15, 0.2) is 72.8 Å². The summed E-state index contributed by atoms with van der Waals surface area (Å²) in [4.78, 5) is 40.1. The number of carboxylic acid groups (broad SMARTS) is 1. The van der Waals surface area contributed by atoms with Gasteiger partial charge in [0.2, 0.25) is 11.8 Å². The molecule has 2 atom stereocenters. The van der Waals surface area contributed by atoms with Crippen LogP contribution in [0, 0.1) is 11.8 Å². The first-order chi connectivity index (χ1) is 14.9. The van der Waals surface area contributed by atoms with Crippen LogP contribution in [-0.4, -0.2) is 22.9 Å². The van der Waals surface area contributed by atoms with Crippen LogP contribution in [0.2, 0.25) is 0 Å².